The number of carbonyl (C=O) groups excluding carboxylic acids is 1. The van der Waals surface area contributed by atoms with Crippen molar-refractivity contribution in [3.63, 3.8) is 0 Å². The van der Waals surface area contributed by atoms with Crippen molar-refractivity contribution in [3.05, 3.63) is 24.3 Å². The highest BCUT2D eigenvalue weighted by molar-refractivity contribution is 5.97. The lowest BCUT2D eigenvalue weighted by molar-refractivity contribution is -0.143. The highest BCUT2D eigenvalue weighted by Gasteiger charge is 2.41. The van der Waals surface area contributed by atoms with Gasteiger partial charge in [0.15, 0.2) is 0 Å². The lowest BCUT2D eigenvalue weighted by Crippen LogP contribution is -2.47. The number of anilines is 1. The first-order valence-electron chi connectivity index (χ1n) is 8.54. The van der Waals surface area contributed by atoms with E-state index in [4.69, 9.17) is 9.47 Å². The SMILES string of the molecule is COC1(C(=O)Nc2ccc(OCC(C)C)cc2)CCCC(C)C1. The molecule has 2 unspecified atom stereocenters. The summed E-state index contributed by atoms with van der Waals surface area (Å²) in [6.07, 6.45) is 3.77. The lowest BCUT2D eigenvalue weighted by Gasteiger charge is -2.37. The molecule has 0 bridgehead atoms. The van der Waals surface area contributed by atoms with Crippen LogP contribution in [0, 0.1) is 11.8 Å². The molecule has 4 heteroatoms. The Bertz CT molecular complexity index is 512. The van der Waals surface area contributed by atoms with Crippen LogP contribution >= 0.6 is 0 Å². The van der Waals surface area contributed by atoms with Crippen LogP contribution in [0.2, 0.25) is 0 Å². The third kappa shape index (κ3) is 4.71. The summed E-state index contributed by atoms with van der Waals surface area (Å²) in [5, 5.41) is 3.00. The van der Waals surface area contributed by atoms with Gasteiger partial charge in [0.1, 0.15) is 11.4 Å². The van der Waals surface area contributed by atoms with E-state index in [9.17, 15) is 4.79 Å². The molecule has 0 radical (unpaired) electrons. The van der Waals surface area contributed by atoms with E-state index in [-0.39, 0.29) is 5.91 Å². The zero-order chi connectivity index (χ0) is 16.9. The second-order valence-corrected chi connectivity index (χ2v) is 7.08. The van der Waals surface area contributed by atoms with Gasteiger partial charge in [0.2, 0.25) is 0 Å². The number of carbonyl (C=O) groups is 1. The van der Waals surface area contributed by atoms with Gasteiger partial charge in [0.05, 0.1) is 6.61 Å². The number of benzene rings is 1. The summed E-state index contributed by atoms with van der Waals surface area (Å²) in [5.74, 6) is 1.79. The Labute approximate surface area is 139 Å². The summed E-state index contributed by atoms with van der Waals surface area (Å²) in [7, 11) is 1.64. The molecule has 1 N–H and O–H groups in total. The van der Waals surface area contributed by atoms with Crippen LogP contribution in [0.3, 0.4) is 0 Å². The van der Waals surface area contributed by atoms with Crippen molar-refractivity contribution in [3.8, 4) is 5.75 Å². The maximum atomic E-state index is 12.7. The monoisotopic (exact) mass is 319 g/mol. The van der Waals surface area contributed by atoms with Crippen LogP contribution in [0.5, 0.6) is 5.75 Å². The summed E-state index contributed by atoms with van der Waals surface area (Å²) in [6, 6.07) is 7.54. The van der Waals surface area contributed by atoms with Gasteiger partial charge in [-0.1, -0.05) is 27.2 Å². The van der Waals surface area contributed by atoms with Crippen molar-refractivity contribution in [2.75, 3.05) is 19.0 Å². The Morgan fingerprint density at radius 3 is 2.61 bits per heavy atom. The van der Waals surface area contributed by atoms with Crippen molar-refractivity contribution in [1.82, 2.24) is 0 Å². The fourth-order valence-electron chi connectivity index (χ4n) is 3.13. The molecular weight excluding hydrogens is 290 g/mol. The average Bonchev–Trinajstić information content (AvgIpc) is 2.54. The molecule has 1 amide bonds. The van der Waals surface area contributed by atoms with Crippen LogP contribution in [0.25, 0.3) is 0 Å². The molecule has 2 atom stereocenters. The van der Waals surface area contributed by atoms with Gasteiger partial charge in [-0.2, -0.15) is 0 Å². The van der Waals surface area contributed by atoms with Crippen molar-refractivity contribution in [2.24, 2.45) is 11.8 Å². The number of hydrogen-bond donors (Lipinski definition) is 1. The summed E-state index contributed by atoms with van der Waals surface area (Å²) < 4.78 is 11.3. The molecule has 1 aromatic rings. The van der Waals surface area contributed by atoms with Gasteiger partial charge < -0.3 is 14.8 Å². The molecule has 0 aromatic heterocycles. The molecule has 0 spiro atoms. The van der Waals surface area contributed by atoms with Crippen molar-refractivity contribution >= 4 is 11.6 Å². The standard InChI is InChI=1S/C19H29NO3/c1-14(2)13-23-17-9-7-16(8-10-17)20-18(21)19(22-4)11-5-6-15(3)12-19/h7-10,14-15H,5-6,11-13H2,1-4H3,(H,20,21). The smallest absolute Gasteiger partial charge is 0.256 e. The summed E-state index contributed by atoms with van der Waals surface area (Å²) in [5.41, 5.74) is 0.0892. The second kappa shape index (κ2) is 7.82. The predicted molar refractivity (Wildman–Crippen MR) is 92.8 cm³/mol. The van der Waals surface area contributed by atoms with Gasteiger partial charge in [-0.15, -0.1) is 0 Å². The fourth-order valence-corrected chi connectivity index (χ4v) is 3.13. The molecule has 1 fully saturated rings. The Hall–Kier alpha value is -1.55. The minimum Gasteiger partial charge on any atom is -0.493 e. The van der Waals surface area contributed by atoms with E-state index in [1.165, 1.54) is 6.42 Å². The maximum absolute atomic E-state index is 12.7. The third-order valence-corrected chi connectivity index (χ3v) is 4.46. The number of hydrogen-bond acceptors (Lipinski definition) is 3. The average molecular weight is 319 g/mol. The molecule has 0 heterocycles. The topological polar surface area (TPSA) is 47.6 Å². The molecule has 1 aliphatic carbocycles. The number of ether oxygens (including phenoxy) is 2. The molecular formula is C19H29NO3. The van der Waals surface area contributed by atoms with E-state index < -0.39 is 5.60 Å². The van der Waals surface area contributed by atoms with Crippen molar-refractivity contribution < 1.29 is 14.3 Å². The number of amides is 1. The van der Waals surface area contributed by atoms with E-state index in [0.29, 0.717) is 18.4 Å². The number of methoxy groups -OCH3 is 1. The largest absolute Gasteiger partial charge is 0.493 e. The first-order valence-corrected chi connectivity index (χ1v) is 8.54. The van der Waals surface area contributed by atoms with Gasteiger partial charge >= 0.3 is 0 Å². The first kappa shape index (κ1) is 17.8. The number of rotatable bonds is 6. The zero-order valence-electron chi connectivity index (χ0n) is 14.7. The molecule has 4 nitrogen and oxygen atoms in total. The fraction of sp³-hybridized carbons (Fsp3) is 0.632. The van der Waals surface area contributed by atoms with Crippen molar-refractivity contribution in [1.29, 1.82) is 0 Å². The van der Waals surface area contributed by atoms with Crippen LogP contribution < -0.4 is 10.1 Å². The summed E-state index contributed by atoms with van der Waals surface area (Å²) in [4.78, 5) is 12.7. The molecule has 1 aliphatic rings. The van der Waals surface area contributed by atoms with E-state index >= 15 is 0 Å². The summed E-state index contributed by atoms with van der Waals surface area (Å²) >= 11 is 0. The Kier molecular flexibility index (Phi) is 6.05. The van der Waals surface area contributed by atoms with E-state index in [2.05, 4.69) is 26.1 Å². The third-order valence-electron chi connectivity index (χ3n) is 4.46. The minimum atomic E-state index is -0.690. The molecule has 128 valence electrons. The van der Waals surface area contributed by atoms with Crippen LogP contribution in [-0.2, 0) is 9.53 Å². The van der Waals surface area contributed by atoms with Gasteiger partial charge in [0.25, 0.3) is 5.91 Å². The molecule has 1 saturated carbocycles. The van der Waals surface area contributed by atoms with Crippen LogP contribution in [0.1, 0.15) is 46.5 Å². The lowest BCUT2D eigenvalue weighted by atomic mass is 9.78. The number of nitrogens with one attached hydrogen (secondary N) is 1. The zero-order valence-corrected chi connectivity index (χ0v) is 14.7. The van der Waals surface area contributed by atoms with E-state index in [1.54, 1.807) is 7.11 Å². The van der Waals surface area contributed by atoms with Gasteiger partial charge in [-0.25, -0.2) is 0 Å². The van der Waals surface area contributed by atoms with E-state index in [1.807, 2.05) is 24.3 Å². The Morgan fingerprint density at radius 1 is 1.35 bits per heavy atom. The highest BCUT2D eigenvalue weighted by Crippen LogP contribution is 2.35. The normalized spacial score (nSPS) is 24.5. The van der Waals surface area contributed by atoms with Crippen LogP contribution in [-0.4, -0.2) is 25.2 Å². The molecule has 0 saturated heterocycles. The second-order valence-electron chi connectivity index (χ2n) is 7.08. The Balaban J connectivity index is 1.98. The maximum Gasteiger partial charge on any atom is 0.256 e. The van der Waals surface area contributed by atoms with Gasteiger partial charge in [0, 0.05) is 12.8 Å². The van der Waals surface area contributed by atoms with Crippen LogP contribution in [0.4, 0.5) is 5.69 Å². The minimum absolute atomic E-state index is 0.0394. The van der Waals surface area contributed by atoms with Crippen molar-refractivity contribution in [2.45, 2.75) is 52.1 Å². The molecule has 0 aliphatic heterocycles. The Morgan fingerprint density at radius 2 is 2.04 bits per heavy atom. The van der Waals surface area contributed by atoms with E-state index in [0.717, 1.165) is 30.7 Å². The summed E-state index contributed by atoms with van der Waals surface area (Å²) in [6.45, 7) is 7.10. The van der Waals surface area contributed by atoms with Gasteiger partial charge in [-0.3, -0.25) is 4.79 Å². The molecule has 1 aromatic carbocycles. The van der Waals surface area contributed by atoms with Gasteiger partial charge in [-0.05, 0) is 55.4 Å². The first-order chi connectivity index (χ1) is 10.9. The predicted octanol–water partition coefficient (Wildman–Crippen LogP) is 4.26. The highest BCUT2D eigenvalue weighted by atomic mass is 16.5. The quantitative estimate of drug-likeness (QED) is 0.852. The molecule has 23 heavy (non-hydrogen) atoms. The van der Waals surface area contributed by atoms with Crippen LogP contribution in [0.15, 0.2) is 24.3 Å². The molecule has 2 rings (SSSR count).